The van der Waals surface area contributed by atoms with Crippen molar-refractivity contribution in [2.24, 2.45) is 23.2 Å². The van der Waals surface area contributed by atoms with Gasteiger partial charge >= 0.3 is 23.5 Å². The molecule has 9 heteroatoms. The number of esters is 1. The van der Waals surface area contributed by atoms with Gasteiger partial charge in [0.05, 0.1) is 5.41 Å². The lowest BCUT2D eigenvalue weighted by Crippen LogP contribution is -2.41. The average molecular weight is 392 g/mol. The Kier molecular flexibility index (Phi) is 7.04. The highest BCUT2D eigenvalue weighted by molar-refractivity contribution is 7.74. The van der Waals surface area contributed by atoms with Gasteiger partial charge in [-0.2, -0.15) is 4.21 Å². The van der Waals surface area contributed by atoms with Gasteiger partial charge < -0.3 is 14.2 Å². The average Bonchev–Trinajstić information content (AvgIpc) is 3.09. The minimum atomic E-state index is -2.42. The maximum Gasteiger partial charge on any atom is 0.508 e. The molecule has 6 unspecified atom stereocenters. The summed E-state index contributed by atoms with van der Waals surface area (Å²) < 4.78 is 40.4. The Balaban J connectivity index is 1.78. The van der Waals surface area contributed by atoms with Crippen molar-refractivity contribution in [1.29, 1.82) is 0 Å². The van der Waals surface area contributed by atoms with Crippen molar-refractivity contribution in [1.82, 2.24) is 0 Å². The zero-order valence-electron chi connectivity index (χ0n) is 15.6. The third-order valence-corrected chi connectivity index (χ3v) is 5.98. The molecule has 1 N–H and O–H groups in total. The molecule has 2 fully saturated rings. The lowest BCUT2D eigenvalue weighted by molar-refractivity contribution is -0.155. The van der Waals surface area contributed by atoms with Crippen molar-refractivity contribution in [2.75, 3.05) is 13.2 Å². The Morgan fingerprint density at radius 2 is 1.81 bits per heavy atom. The number of carbonyl (C=O) groups excluding carboxylic acids is 2. The molecule has 0 heterocycles. The second kappa shape index (κ2) is 8.67. The minimum Gasteiger partial charge on any atom is -0.462 e. The molecule has 2 aliphatic carbocycles. The Bertz CT molecular complexity index is 549. The summed E-state index contributed by atoms with van der Waals surface area (Å²) in [5.74, 6) is 0.185. The molecular weight excluding hydrogens is 364 g/mol. The number of hydrogen-bond acceptors (Lipinski definition) is 7. The van der Waals surface area contributed by atoms with E-state index >= 15 is 0 Å². The van der Waals surface area contributed by atoms with Gasteiger partial charge in [-0.05, 0) is 44.9 Å². The second-order valence-corrected chi connectivity index (χ2v) is 8.33. The summed E-state index contributed by atoms with van der Waals surface area (Å²) in [6, 6.07) is 0. The van der Waals surface area contributed by atoms with E-state index in [-0.39, 0.29) is 31.0 Å². The molecule has 2 rings (SSSR count). The van der Waals surface area contributed by atoms with E-state index in [4.69, 9.17) is 22.9 Å². The van der Waals surface area contributed by atoms with Crippen molar-refractivity contribution >= 4 is 23.5 Å². The number of hydrogen-bond donors (Lipinski definition) is 1. The van der Waals surface area contributed by atoms with Crippen LogP contribution in [0.15, 0.2) is 0 Å². The Labute approximate surface area is 156 Å². The molecule has 0 spiro atoms. The predicted octanol–water partition coefficient (Wildman–Crippen LogP) is 2.69. The number of fused-ring (bicyclic) bond motifs is 2. The van der Waals surface area contributed by atoms with Gasteiger partial charge in [-0.15, -0.1) is 0 Å². The highest BCUT2D eigenvalue weighted by Crippen LogP contribution is 2.51. The van der Waals surface area contributed by atoms with E-state index in [0.29, 0.717) is 12.3 Å². The Morgan fingerprint density at radius 1 is 1.15 bits per heavy atom. The molecule has 0 aromatic heterocycles. The summed E-state index contributed by atoms with van der Waals surface area (Å²) >= 11 is -2.42. The zero-order chi connectivity index (χ0) is 19.5. The molecule has 6 atom stereocenters. The van der Waals surface area contributed by atoms with Gasteiger partial charge in [0.1, 0.15) is 25.4 Å². The summed E-state index contributed by atoms with van der Waals surface area (Å²) in [6.07, 6.45) is 0.227. The van der Waals surface area contributed by atoms with E-state index in [1.807, 2.05) is 6.92 Å². The first-order valence-electron chi connectivity index (χ1n) is 8.94. The van der Waals surface area contributed by atoms with Crippen LogP contribution in [0.5, 0.6) is 0 Å². The van der Waals surface area contributed by atoms with Crippen molar-refractivity contribution in [2.45, 2.75) is 59.2 Å². The van der Waals surface area contributed by atoms with Gasteiger partial charge in [0.25, 0.3) is 0 Å². The van der Waals surface area contributed by atoms with Crippen molar-refractivity contribution in [3.8, 4) is 0 Å². The van der Waals surface area contributed by atoms with Crippen molar-refractivity contribution in [3.05, 3.63) is 0 Å². The first-order valence-corrected chi connectivity index (χ1v) is 9.97. The fourth-order valence-corrected chi connectivity index (χ4v) is 4.15. The standard InChI is InChI=1S/C17H28O8S/c1-5-17(3,4)15(18)22-6-7-23-16(19)24-14-12-9-11(8-10(12)2)13(14)25-26(20)21/h10-14H,5-9H2,1-4H3,(H,20,21). The summed E-state index contributed by atoms with van der Waals surface area (Å²) in [5.41, 5.74) is -0.579. The molecule has 150 valence electrons. The normalized spacial score (nSPS) is 31.5. The van der Waals surface area contributed by atoms with Crippen LogP contribution < -0.4 is 0 Å². The van der Waals surface area contributed by atoms with E-state index < -0.39 is 35.1 Å². The van der Waals surface area contributed by atoms with Gasteiger partial charge in [0, 0.05) is 5.92 Å². The van der Waals surface area contributed by atoms with E-state index in [1.165, 1.54) is 0 Å². The van der Waals surface area contributed by atoms with Gasteiger partial charge in [0.15, 0.2) is 0 Å². The number of ether oxygens (including phenoxy) is 3. The summed E-state index contributed by atoms with van der Waals surface area (Å²) in [4.78, 5) is 23.8. The maximum absolute atomic E-state index is 11.9. The highest BCUT2D eigenvalue weighted by atomic mass is 32.2. The van der Waals surface area contributed by atoms with Gasteiger partial charge in [-0.25, -0.2) is 4.79 Å². The second-order valence-electron chi connectivity index (χ2n) is 7.70. The molecule has 26 heavy (non-hydrogen) atoms. The molecule has 2 saturated carbocycles. The summed E-state index contributed by atoms with van der Waals surface area (Å²) in [5, 5.41) is 0. The lowest BCUT2D eigenvalue weighted by atomic mass is 9.86. The largest absolute Gasteiger partial charge is 0.508 e. The SMILES string of the molecule is CCC(C)(C)C(=O)OCCOC(=O)OC1C2CC(CC2C)C1OS(=O)O. The molecule has 0 saturated heterocycles. The predicted molar refractivity (Wildman–Crippen MR) is 92.3 cm³/mol. The molecule has 2 bridgehead atoms. The third kappa shape index (κ3) is 4.95. The molecule has 0 amide bonds. The molecule has 0 aromatic rings. The molecule has 0 aliphatic heterocycles. The van der Waals surface area contributed by atoms with Crippen molar-refractivity contribution in [3.63, 3.8) is 0 Å². The fraction of sp³-hybridized carbons (Fsp3) is 0.882. The summed E-state index contributed by atoms with van der Waals surface area (Å²) in [7, 11) is 0. The zero-order valence-corrected chi connectivity index (χ0v) is 16.5. The van der Waals surface area contributed by atoms with E-state index in [9.17, 15) is 13.8 Å². The van der Waals surface area contributed by atoms with Crippen LogP contribution in [0.4, 0.5) is 4.79 Å². The van der Waals surface area contributed by atoms with Crippen LogP contribution in [0.3, 0.4) is 0 Å². The van der Waals surface area contributed by atoms with Crippen LogP contribution in [-0.4, -0.2) is 46.3 Å². The number of rotatable bonds is 8. The third-order valence-electron chi connectivity index (χ3n) is 5.59. The van der Waals surface area contributed by atoms with Crippen LogP contribution in [0.2, 0.25) is 0 Å². The van der Waals surface area contributed by atoms with E-state index in [0.717, 1.165) is 12.8 Å². The molecule has 0 aromatic carbocycles. The van der Waals surface area contributed by atoms with Gasteiger partial charge in [-0.1, -0.05) is 13.8 Å². The van der Waals surface area contributed by atoms with Crippen LogP contribution >= 0.6 is 0 Å². The monoisotopic (exact) mass is 392 g/mol. The van der Waals surface area contributed by atoms with Crippen molar-refractivity contribution < 1.29 is 36.7 Å². The first-order chi connectivity index (χ1) is 12.2. The van der Waals surface area contributed by atoms with Crippen LogP contribution in [0, 0.1) is 23.2 Å². The van der Waals surface area contributed by atoms with Crippen LogP contribution in [-0.2, 0) is 34.5 Å². The molecule has 2 aliphatic rings. The highest BCUT2D eigenvalue weighted by Gasteiger charge is 2.55. The fourth-order valence-electron chi connectivity index (χ4n) is 3.70. The van der Waals surface area contributed by atoms with Gasteiger partial charge in [0.2, 0.25) is 0 Å². The Hall–Kier alpha value is -1.19. The number of carbonyl (C=O) groups is 2. The first kappa shape index (κ1) is 21.1. The van der Waals surface area contributed by atoms with Crippen LogP contribution in [0.25, 0.3) is 0 Å². The summed E-state index contributed by atoms with van der Waals surface area (Å²) in [6.45, 7) is 7.36. The van der Waals surface area contributed by atoms with E-state index in [2.05, 4.69) is 6.92 Å². The van der Waals surface area contributed by atoms with Gasteiger partial charge in [-0.3, -0.25) is 13.5 Å². The maximum atomic E-state index is 11.9. The minimum absolute atomic E-state index is 0.0505. The molecule has 8 nitrogen and oxygen atoms in total. The smallest absolute Gasteiger partial charge is 0.462 e. The molecule has 0 radical (unpaired) electrons. The molecular formula is C17H28O8S. The lowest BCUT2D eigenvalue weighted by Gasteiger charge is -2.32. The van der Waals surface area contributed by atoms with E-state index in [1.54, 1.807) is 13.8 Å². The topological polar surface area (TPSA) is 108 Å². The quantitative estimate of drug-likeness (QED) is 0.381. The Morgan fingerprint density at radius 3 is 2.42 bits per heavy atom. The van der Waals surface area contributed by atoms with Crippen LogP contribution in [0.1, 0.15) is 47.0 Å².